The monoisotopic (exact) mass is 500 g/mol. The summed E-state index contributed by atoms with van der Waals surface area (Å²) < 4.78 is 23.2. The van der Waals surface area contributed by atoms with Gasteiger partial charge in [-0.2, -0.15) is 0 Å². The predicted molar refractivity (Wildman–Crippen MR) is 136 cm³/mol. The maximum atomic E-state index is 12.6. The van der Waals surface area contributed by atoms with Crippen molar-refractivity contribution in [2.45, 2.75) is 107 Å². The van der Waals surface area contributed by atoms with E-state index in [1.165, 1.54) is 11.6 Å². The molecule has 7 heteroatoms. The Bertz CT molecular complexity index is 888. The fraction of sp³-hybridized carbons (Fsp3) is 0.621. The number of carbonyl (C=O) groups excluding carboxylic acids is 1. The van der Waals surface area contributed by atoms with Crippen LogP contribution in [-0.4, -0.2) is 71.6 Å². The highest BCUT2D eigenvalue weighted by Crippen LogP contribution is 2.34. The molecule has 0 aliphatic carbocycles. The van der Waals surface area contributed by atoms with Gasteiger partial charge >= 0.3 is 5.97 Å². The van der Waals surface area contributed by atoms with Gasteiger partial charge in [-0.25, -0.2) is 4.79 Å². The minimum absolute atomic E-state index is 0.0744. The molecule has 0 aromatic carbocycles. The molecule has 0 amide bonds. The summed E-state index contributed by atoms with van der Waals surface area (Å²) in [7, 11) is 0. The molecule has 198 valence electrons. The molecular formula is C29H40O7. The number of aliphatic hydroxyl groups is 2. The smallest absolute Gasteiger partial charge is 0.330 e. The molecule has 4 aliphatic heterocycles. The van der Waals surface area contributed by atoms with Crippen LogP contribution in [-0.2, 0) is 23.7 Å². The van der Waals surface area contributed by atoms with Gasteiger partial charge in [0, 0.05) is 12.5 Å². The fourth-order valence-electron chi connectivity index (χ4n) is 5.06. The van der Waals surface area contributed by atoms with Gasteiger partial charge in [-0.15, -0.1) is 0 Å². The molecule has 4 rings (SSSR count). The van der Waals surface area contributed by atoms with Crippen molar-refractivity contribution < 1.29 is 34.0 Å². The van der Waals surface area contributed by atoms with Crippen molar-refractivity contribution in [3.8, 4) is 0 Å². The number of epoxide rings is 1. The van der Waals surface area contributed by atoms with E-state index in [0.717, 1.165) is 37.7 Å². The van der Waals surface area contributed by atoms with Gasteiger partial charge in [0.2, 0.25) is 0 Å². The van der Waals surface area contributed by atoms with Crippen molar-refractivity contribution in [3.05, 3.63) is 60.3 Å². The lowest BCUT2D eigenvalue weighted by Gasteiger charge is -2.25. The van der Waals surface area contributed by atoms with Crippen LogP contribution in [0.2, 0.25) is 0 Å². The normalized spacial score (nSPS) is 38.3. The van der Waals surface area contributed by atoms with Gasteiger partial charge in [-0.05, 0) is 51.9 Å². The molecule has 36 heavy (non-hydrogen) atoms. The summed E-state index contributed by atoms with van der Waals surface area (Å²) in [5.41, 5.74) is 2.23. The second-order valence-corrected chi connectivity index (χ2v) is 10.4. The Morgan fingerprint density at radius 1 is 1.19 bits per heavy atom. The van der Waals surface area contributed by atoms with E-state index in [-0.39, 0.29) is 30.5 Å². The van der Waals surface area contributed by atoms with E-state index in [9.17, 15) is 15.0 Å². The Kier molecular flexibility index (Phi) is 9.73. The Morgan fingerprint density at radius 3 is 2.89 bits per heavy atom. The van der Waals surface area contributed by atoms with E-state index in [1.807, 2.05) is 18.2 Å². The molecular weight excluding hydrogens is 460 g/mol. The molecule has 8 atom stereocenters. The molecule has 0 radical (unpaired) electrons. The van der Waals surface area contributed by atoms with Gasteiger partial charge in [0.15, 0.2) is 0 Å². The number of rotatable bonds is 3. The van der Waals surface area contributed by atoms with Gasteiger partial charge in [-0.3, -0.25) is 0 Å². The van der Waals surface area contributed by atoms with Crippen LogP contribution in [0.25, 0.3) is 0 Å². The Labute approximate surface area is 214 Å². The molecule has 4 heterocycles. The average molecular weight is 501 g/mol. The Balaban J connectivity index is 1.43. The molecule has 0 spiro atoms. The quantitative estimate of drug-likeness (QED) is 0.345. The number of aliphatic hydroxyl groups excluding tert-OH is 2. The zero-order valence-electron chi connectivity index (χ0n) is 21.2. The van der Waals surface area contributed by atoms with Gasteiger partial charge < -0.3 is 29.2 Å². The Morgan fingerprint density at radius 2 is 2.06 bits per heavy atom. The third-order valence-electron chi connectivity index (χ3n) is 7.20. The zero-order valence-corrected chi connectivity index (χ0v) is 21.2. The fourth-order valence-corrected chi connectivity index (χ4v) is 5.06. The lowest BCUT2D eigenvalue weighted by molar-refractivity contribution is -0.148. The van der Waals surface area contributed by atoms with Crippen LogP contribution in [0.3, 0.4) is 0 Å². The average Bonchev–Trinajstić information content (AvgIpc) is 3.61. The maximum absolute atomic E-state index is 12.6. The molecule has 2 bridgehead atoms. The van der Waals surface area contributed by atoms with Crippen LogP contribution in [0, 0.1) is 0 Å². The maximum Gasteiger partial charge on any atom is 0.330 e. The highest BCUT2D eigenvalue weighted by Gasteiger charge is 2.46. The van der Waals surface area contributed by atoms with E-state index in [1.54, 1.807) is 12.2 Å². The van der Waals surface area contributed by atoms with E-state index >= 15 is 0 Å². The highest BCUT2D eigenvalue weighted by molar-refractivity contribution is 5.82. The number of cyclic esters (lactones) is 1. The predicted octanol–water partition coefficient (Wildman–Crippen LogP) is 3.86. The summed E-state index contributed by atoms with van der Waals surface area (Å²) >= 11 is 0. The van der Waals surface area contributed by atoms with Gasteiger partial charge in [0.1, 0.15) is 18.3 Å². The van der Waals surface area contributed by atoms with Gasteiger partial charge in [0.05, 0.1) is 37.1 Å². The summed E-state index contributed by atoms with van der Waals surface area (Å²) in [6, 6.07) is 0. The van der Waals surface area contributed by atoms with Crippen molar-refractivity contribution in [2.24, 2.45) is 0 Å². The van der Waals surface area contributed by atoms with Crippen molar-refractivity contribution in [1.82, 2.24) is 0 Å². The third-order valence-corrected chi connectivity index (χ3v) is 7.20. The molecule has 7 nitrogen and oxygen atoms in total. The zero-order chi connectivity index (χ0) is 25.5. The summed E-state index contributed by atoms with van der Waals surface area (Å²) in [5, 5.41) is 21.5. The lowest BCUT2D eigenvalue weighted by Crippen LogP contribution is -2.32. The number of hydrogen-bond donors (Lipinski definition) is 2. The van der Waals surface area contributed by atoms with E-state index in [2.05, 4.69) is 19.6 Å². The number of ether oxygens (including phenoxy) is 4. The molecule has 0 aromatic rings. The lowest BCUT2D eigenvalue weighted by atomic mass is 9.97. The van der Waals surface area contributed by atoms with Crippen LogP contribution in [0.4, 0.5) is 0 Å². The highest BCUT2D eigenvalue weighted by atomic mass is 16.6. The first-order chi connectivity index (χ1) is 17.4. The van der Waals surface area contributed by atoms with Crippen molar-refractivity contribution in [2.75, 3.05) is 6.61 Å². The summed E-state index contributed by atoms with van der Waals surface area (Å²) in [6.07, 6.45) is 15.3. The van der Waals surface area contributed by atoms with E-state index in [4.69, 9.17) is 18.9 Å². The van der Waals surface area contributed by atoms with Crippen molar-refractivity contribution in [3.63, 3.8) is 0 Å². The van der Waals surface area contributed by atoms with Crippen molar-refractivity contribution >= 4 is 5.97 Å². The molecule has 2 N–H and O–H groups in total. The first-order valence-corrected chi connectivity index (χ1v) is 13.2. The standard InChI is InChI=1S/C29H40O7/c1-19-6-3-7-21-8-4-9-22(34-21)10-5-11-28(32)35-26(18-27-29(36-27)25(31)17-19)24(30)13-12-23-16-20(2)14-15-33-23/h4-5,9,11-14,21-27,29-31H,1,3,6-8,10,15-18H2,2H3/b11-5-,13-12+. The molecule has 1 saturated heterocycles. The molecule has 4 aliphatic rings. The summed E-state index contributed by atoms with van der Waals surface area (Å²) in [6.45, 7) is 6.74. The van der Waals surface area contributed by atoms with Crippen LogP contribution >= 0.6 is 0 Å². The number of hydrogen-bond acceptors (Lipinski definition) is 7. The molecule has 1 fully saturated rings. The number of esters is 1. The molecule has 0 aromatic heterocycles. The van der Waals surface area contributed by atoms with Gasteiger partial charge in [0.25, 0.3) is 0 Å². The minimum atomic E-state index is -1.02. The molecule has 0 saturated carbocycles. The first kappa shape index (κ1) is 27.0. The van der Waals surface area contributed by atoms with Gasteiger partial charge in [-0.1, -0.05) is 54.2 Å². The summed E-state index contributed by atoms with van der Waals surface area (Å²) in [4.78, 5) is 12.6. The topological polar surface area (TPSA) is 97.8 Å². The van der Waals surface area contributed by atoms with E-state index < -0.39 is 24.3 Å². The number of fused-ring (bicyclic) bond motifs is 3. The largest absolute Gasteiger partial charge is 0.456 e. The summed E-state index contributed by atoms with van der Waals surface area (Å²) in [5.74, 6) is -0.524. The second-order valence-electron chi connectivity index (χ2n) is 10.4. The Hall–Kier alpha value is -2.03. The van der Waals surface area contributed by atoms with Crippen LogP contribution in [0.15, 0.2) is 60.3 Å². The van der Waals surface area contributed by atoms with Crippen LogP contribution in [0.5, 0.6) is 0 Å². The second kappa shape index (κ2) is 13.0. The minimum Gasteiger partial charge on any atom is -0.456 e. The van der Waals surface area contributed by atoms with E-state index in [0.29, 0.717) is 25.9 Å². The SMILES string of the molecule is C=C1CCCC2CC=CC(C/C=C\C(=O)OC(C(O)/C=C/C3CC(C)=CCO3)CC3OC3C(O)C1)O2. The van der Waals surface area contributed by atoms with Crippen molar-refractivity contribution in [1.29, 1.82) is 0 Å². The van der Waals surface area contributed by atoms with Crippen LogP contribution < -0.4 is 0 Å². The third kappa shape index (κ3) is 8.25. The molecule has 8 unspecified atom stereocenters. The number of carbonyl (C=O) groups is 1. The van der Waals surface area contributed by atoms with Crippen LogP contribution in [0.1, 0.15) is 58.3 Å². The first-order valence-electron chi connectivity index (χ1n) is 13.2.